The minimum Gasteiger partial charge on any atom is -0.339 e. The third kappa shape index (κ3) is 4.18. The summed E-state index contributed by atoms with van der Waals surface area (Å²) in [5, 5.41) is 9.40. The molecule has 8 nitrogen and oxygen atoms in total. The molecule has 1 atom stereocenters. The van der Waals surface area contributed by atoms with Crippen molar-refractivity contribution in [1.29, 1.82) is 0 Å². The number of halogens is 1. The predicted octanol–water partition coefficient (Wildman–Crippen LogP) is 2.36. The van der Waals surface area contributed by atoms with Crippen LogP contribution in [0.5, 0.6) is 0 Å². The lowest BCUT2D eigenvalue weighted by Crippen LogP contribution is -2.41. The van der Waals surface area contributed by atoms with Crippen molar-refractivity contribution < 1.29 is 14.0 Å². The maximum atomic E-state index is 13.7. The molecule has 0 radical (unpaired) electrons. The fourth-order valence-corrected chi connectivity index (χ4v) is 3.93. The quantitative estimate of drug-likeness (QED) is 0.493. The monoisotopic (exact) mass is 444 g/mol. The Labute approximate surface area is 189 Å². The summed E-state index contributed by atoms with van der Waals surface area (Å²) in [4.78, 5) is 30.1. The van der Waals surface area contributed by atoms with Crippen molar-refractivity contribution in [3.8, 4) is 11.3 Å². The zero-order valence-electron chi connectivity index (χ0n) is 17.8. The van der Waals surface area contributed by atoms with Crippen LogP contribution in [-0.4, -0.2) is 51.2 Å². The lowest BCUT2D eigenvalue weighted by molar-refractivity contribution is -0.122. The molecule has 1 aliphatic rings. The van der Waals surface area contributed by atoms with Crippen molar-refractivity contribution >= 4 is 22.8 Å². The Morgan fingerprint density at radius 3 is 2.73 bits per heavy atom. The molecule has 0 bridgehead atoms. The minimum atomic E-state index is -0.659. The Morgan fingerprint density at radius 2 is 2.00 bits per heavy atom. The molecule has 166 valence electrons. The number of carbonyl (C=O) groups is 2. The molecule has 9 heteroatoms. The first-order valence-electron chi connectivity index (χ1n) is 10.5. The highest BCUT2D eigenvalue weighted by Gasteiger charge is 2.30. The van der Waals surface area contributed by atoms with Crippen LogP contribution in [0.4, 0.5) is 4.39 Å². The van der Waals surface area contributed by atoms with Gasteiger partial charge < -0.3 is 5.32 Å². The van der Waals surface area contributed by atoms with Crippen molar-refractivity contribution in [2.24, 2.45) is 0 Å². The van der Waals surface area contributed by atoms with Crippen molar-refractivity contribution in [3.05, 3.63) is 83.8 Å². The largest absolute Gasteiger partial charge is 0.339 e. The maximum Gasteiger partial charge on any atom is 0.258 e. The van der Waals surface area contributed by atoms with Crippen LogP contribution in [-0.2, 0) is 11.3 Å². The Bertz CT molecular complexity index is 1350. The van der Waals surface area contributed by atoms with Crippen LogP contribution in [0.1, 0.15) is 15.9 Å². The maximum absolute atomic E-state index is 13.7. The highest BCUT2D eigenvalue weighted by molar-refractivity contribution is 6.07. The van der Waals surface area contributed by atoms with Gasteiger partial charge >= 0.3 is 0 Å². The molecular weight excluding hydrogens is 423 g/mol. The molecule has 2 N–H and O–H groups in total. The number of nitrogens with zero attached hydrogens (tertiary/aromatic N) is 4. The van der Waals surface area contributed by atoms with Crippen molar-refractivity contribution in [1.82, 2.24) is 30.5 Å². The van der Waals surface area contributed by atoms with Gasteiger partial charge in [-0.1, -0.05) is 42.5 Å². The molecule has 1 fully saturated rings. The third-order valence-corrected chi connectivity index (χ3v) is 5.52. The second-order valence-electron chi connectivity index (χ2n) is 7.97. The third-order valence-electron chi connectivity index (χ3n) is 5.52. The first-order valence-corrected chi connectivity index (χ1v) is 10.5. The molecule has 33 heavy (non-hydrogen) atoms. The molecule has 4 aromatic rings. The summed E-state index contributed by atoms with van der Waals surface area (Å²) < 4.78 is 15.3. The lowest BCUT2D eigenvalue weighted by atomic mass is 10.1. The Morgan fingerprint density at radius 1 is 1.18 bits per heavy atom. The number of pyridine rings is 1. The van der Waals surface area contributed by atoms with Crippen LogP contribution in [0.3, 0.4) is 0 Å². The molecule has 0 saturated carbocycles. The fourth-order valence-electron chi connectivity index (χ4n) is 3.93. The number of hydrogen-bond donors (Lipinski definition) is 2. The van der Waals surface area contributed by atoms with Crippen LogP contribution in [0.2, 0.25) is 0 Å². The van der Waals surface area contributed by atoms with E-state index in [4.69, 9.17) is 4.98 Å². The van der Waals surface area contributed by atoms with Gasteiger partial charge in [-0.15, -0.1) is 0 Å². The second kappa shape index (κ2) is 8.44. The number of amides is 2. The molecule has 5 rings (SSSR count). The topological polar surface area (TPSA) is 92.2 Å². The molecule has 1 saturated heterocycles. The van der Waals surface area contributed by atoms with Crippen molar-refractivity contribution in [2.75, 3.05) is 13.6 Å². The number of likely N-dealkylation sites (N-methyl/N-ethyl adjacent to an activating group) is 1. The Kier molecular flexibility index (Phi) is 5.31. The van der Waals surface area contributed by atoms with Crippen LogP contribution < -0.4 is 10.7 Å². The van der Waals surface area contributed by atoms with E-state index in [2.05, 4.69) is 15.8 Å². The van der Waals surface area contributed by atoms with E-state index in [1.54, 1.807) is 41.1 Å². The Balaban J connectivity index is 1.58. The number of nitrogens with one attached hydrogen (secondary N) is 2. The molecule has 2 aromatic heterocycles. The summed E-state index contributed by atoms with van der Waals surface area (Å²) in [6.07, 6.45) is 1.58. The standard InChI is InChI=1S/C24H21FN6O2/c1-30-14-21(24(33)29-30)28-23(32)18-11-20(16-7-3-2-4-8-16)27-22-19(18)12-26-31(22)13-15-6-5-9-17(25)10-15/h2-12,21H,13-14H2,1H3,(H,28,32)(H,29,33)/t21-/m1/s1. The summed E-state index contributed by atoms with van der Waals surface area (Å²) in [6, 6.07) is 16.8. The minimum absolute atomic E-state index is 0.263. The van der Waals surface area contributed by atoms with Crippen molar-refractivity contribution in [2.45, 2.75) is 12.6 Å². The normalized spacial score (nSPS) is 16.2. The van der Waals surface area contributed by atoms with Gasteiger partial charge in [0.25, 0.3) is 11.8 Å². The van der Waals surface area contributed by atoms with Gasteiger partial charge in [-0.2, -0.15) is 5.10 Å². The summed E-state index contributed by atoms with van der Waals surface area (Å²) >= 11 is 0. The van der Waals surface area contributed by atoms with E-state index in [0.717, 1.165) is 11.1 Å². The van der Waals surface area contributed by atoms with E-state index in [1.165, 1.54) is 12.1 Å². The summed E-state index contributed by atoms with van der Waals surface area (Å²) in [7, 11) is 1.73. The molecular formula is C24H21FN6O2. The first-order chi connectivity index (χ1) is 16.0. The van der Waals surface area contributed by atoms with E-state index >= 15 is 0 Å². The van der Waals surface area contributed by atoms with Crippen LogP contribution >= 0.6 is 0 Å². The van der Waals surface area contributed by atoms with E-state index in [1.807, 2.05) is 30.3 Å². The SMILES string of the molecule is CN1C[C@@H](NC(=O)c2cc(-c3ccccc3)nc3c2cnn3Cc2cccc(F)c2)C(=O)N1. The van der Waals surface area contributed by atoms with Gasteiger partial charge in [0, 0.05) is 19.2 Å². The molecule has 2 aromatic carbocycles. The van der Waals surface area contributed by atoms with Crippen LogP contribution in [0.25, 0.3) is 22.3 Å². The zero-order valence-corrected chi connectivity index (χ0v) is 17.8. The predicted molar refractivity (Wildman–Crippen MR) is 120 cm³/mol. The number of rotatable bonds is 5. The van der Waals surface area contributed by atoms with Gasteiger partial charge in [-0.05, 0) is 23.8 Å². The van der Waals surface area contributed by atoms with Crippen LogP contribution in [0, 0.1) is 5.82 Å². The van der Waals surface area contributed by atoms with E-state index in [0.29, 0.717) is 35.4 Å². The molecule has 2 amide bonds. The van der Waals surface area contributed by atoms with Gasteiger partial charge in [-0.3, -0.25) is 15.0 Å². The average Bonchev–Trinajstić information content (AvgIpc) is 3.35. The number of benzene rings is 2. The molecule has 0 unspecified atom stereocenters. The second-order valence-corrected chi connectivity index (χ2v) is 7.97. The molecule has 0 spiro atoms. The number of carbonyl (C=O) groups excluding carboxylic acids is 2. The van der Waals surface area contributed by atoms with Gasteiger partial charge in [0.2, 0.25) is 0 Å². The zero-order chi connectivity index (χ0) is 22.9. The summed E-state index contributed by atoms with van der Waals surface area (Å²) in [5.74, 6) is -0.983. The average molecular weight is 444 g/mol. The molecule has 1 aliphatic heterocycles. The first kappa shape index (κ1) is 20.8. The molecule has 3 heterocycles. The van der Waals surface area contributed by atoms with Crippen LogP contribution in [0.15, 0.2) is 66.9 Å². The highest BCUT2D eigenvalue weighted by atomic mass is 19.1. The smallest absolute Gasteiger partial charge is 0.258 e. The number of aromatic nitrogens is 3. The van der Waals surface area contributed by atoms with Gasteiger partial charge in [0.1, 0.15) is 11.9 Å². The fraction of sp³-hybridized carbons (Fsp3) is 0.167. The summed E-state index contributed by atoms with van der Waals surface area (Å²) in [6.45, 7) is 0.659. The number of hydrazine groups is 1. The van der Waals surface area contributed by atoms with Gasteiger partial charge in [-0.25, -0.2) is 19.1 Å². The highest BCUT2D eigenvalue weighted by Crippen LogP contribution is 2.25. The van der Waals surface area contributed by atoms with Gasteiger partial charge in [0.15, 0.2) is 5.65 Å². The Hall–Kier alpha value is -4.11. The van der Waals surface area contributed by atoms with E-state index < -0.39 is 6.04 Å². The molecule has 0 aliphatic carbocycles. The van der Waals surface area contributed by atoms with E-state index in [9.17, 15) is 14.0 Å². The van der Waals surface area contributed by atoms with Crippen molar-refractivity contribution in [3.63, 3.8) is 0 Å². The summed E-state index contributed by atoms with van der Waals surface area (Å²) in [5.41, 5.74) is 5.68. The van der Waals surface area contributed by atoms with Gasteiger partial charge in [0.05, 0.1) is 29.4 Å². The lowest BCUT2D eigenvalue weighted by Gasteiger charge is -2.12. The number of hydrogen-bond acceptors (Lipinski definition) is 5. The van der Waals surface area contributed by atoms with E-state index in [-0.39, 0.29) is 17.6 Å². The number of fused-ring (bicyclic) bond motifs is 1.